The van der Waals surface area contributed by atoms with Crippen LogP contribution in [0.5, 0.6) is 11.5 Å². The molecule has 0 aliphatic rings. The molecule has 0 spiro atoms. The van der Waals surface area contributed by atoms with E-state index in [1.54, 1.807) is 13.2 Å². The third-order valence-electron chi connectivity index (χ3n) is 3.34. The highest BCUT2D eigenvalue weighted by Crippen LogP contribution is 2.28. The Bertz CT molecular complexity index is 716. The van der Waals surface area contributed by atoms with Gasteiger partial charge in [0.25, 0.3) is 0 Å². The highest BCUT2D eigenvalue weighted by Gasteiger charge is 2.12. The second-order valence-electron chi connectivity index (χ2n) is 5.68. The molecule has 2 aromatic rings. The van der Waals surface area contributed by atoms with Crippen molar-refractivity contribution in [2.45, 2.75) is 33.1 Å². The molecule has 0 aliphatic heterocycles. The molecular weight excluding hydrogens is 306 g/mol. The van der Waals surface area contributed by atoms with E-state index in [0.717, 1.165) is 12.0 Å². The molecule has 128 valence electrons. The second kappa shape index (κ2) is 8.34. The average Bonchev–Trinajstić information content (AvgIpc) is 3.08. The standard InChI is InChI=1S/C19H23NO4/c1-5-10-23-18-11-14(7-9-17(18)22-4)6-8-16(21)15-12-24-19(20-15)13(2)3/h6-9,11-13H,5,10H2,1-4H3. The normalized spacial score (nSPS) is 11.2. The van der Waals surface area contributed by atoms with Crippen molar-refractivity contribution < 1.29 is 18.7 Å². The second-order valence-corrected chi connectivity index (χ2v) is 5.68. The van der Waals surface area contributed by atoms with Crippen LogP contribution in [0.25, 0.3) is 6.08 Å². The van der Waals surface area contributed by atoms with Crippen LogP contribution in [0.1, 0.15) is 55.1 Å². The van der Waals surface area contributed by atoms with E-state index < -0.39 is 0 Å². The summed E-state index contributed by atoms with van der Waals surface area (Å²) in [5.41, 5.74) is 1.16. The number of allylic oxidation sites excluding steroid dienone is 1. The van der Waals surface area contributed by atoms with Crippen LogP contribution in [-0.4, -0.2) is 24.5 Å². The summed E-state index contributed by atoms with van der Waals surface area (Å²) >= 11 is 0. The first-order chi connectivity index (χ1) is 11.5. The van der Waals surface area contributed by atoms with Crippen LogP contribution in [0.3, 0.4) is 0 Å². The van der Waals surface area contributed by atoms with E-state index in [0.29, 0.717) is 29.7 Å². The number of ketones is 1. The van der Waals surface area contributed by atoms with Crippen LogP contribution in [0.4, 0.5) is 0 Å². The van der Waals surface area contributed by atoms with E-state index in [9.17, 15) is 4.79 Å². The van der Waals surface area contributed by atoms with Gasteiger partial charge in [-0.25, -0.2) is 4.98 Å². The van der Waals surface area contributed by atoms with Gasteiger partial charge < -0.3 is 13.9 Å². The van der Waals surface area contributed by atoms with Crippen LogP contribution in [0.15, 0.2) is 35.0 Å². The minimum atomic E-state index is -0.197. The number of nitrogens with zero attached hydrogens (tertiary/aromatic N) is 1. The van der Waals surface area contributed by atoms with Crippen molar-refractivity contribution >= 4 is 11.9 Å². The number of ether oxygens (including phenoxy) is 2. The Balaban J connectivity index is 2.13. The lowest BCUT2D eigenvalue weighted by Gasteiger charge is -2.10. The molecule has 1 aromatic heterocycles. The fourth-order valence-corrected chi connectivity index (χ4v) is 2.05. The molecule has 0 saturated heterocycles. The Morgan fingerprint density at radius 2 is 2.12 bits per heavy atom. The molecule has 0 fully saturated rings. The van der Waals surface area contributed by atoms with Crippen LogP contribution in [0, 0.1) is 0 Å². The zero-order valence-electron chi connectivity index (χ0n) is 14.5. The van der Waals surface area contributed by atoms with Gasteiger partial charge in [0.1, 0.15) is 12.0 Å². The topological polar surface area (TPSA) is 61.6 Å². The lowest BCUT2D eigenvalue weighted by atomic mass is 10.1. The van der Waals surface area contributed by atoms with E-state index in [1.807, 2.05) is 39.0 Å². The molecule has 1 heterocycles. The van der Waals surface area contributed by atoms with Gasteiger partial charge in [-0.1, -0.05) is 32.9 Å². The lowest BCUT2D eigenvalue weighted by molar-refractivity contribution is 0.104. The van der Waals surface area contributed by atoms with Crippen molar-refractivity contribution in [1.29, 1.82) is 0 Å². The Labute approximate surface area is 142 Å². The largest absolute Gasteiger partial charge is 0.493 e. The zero-order chi connectivity index (χ0) is 17.5. The molecule has 0 aliphatic carbocycles. The SMILES string of the molecule is CCCOc1cc(C=CC(=O)c2coc(C(C)C)n2)ccc1OC. The first-order valence-electron chi connectivity index (χ1n) is 8.03. The van der Waals surface area contributed by atoms with Gasteiger partial charge in [-0.2, -0.15) is 0 Å². The minimum absolute atomic E-state index is 0.149. The molecule has 2 rings (SSSR count). The van der Waals surface area contributed by atoms with Gasteiger partial charge in [0.15, 0.2) is 17.4 Å². The first kappa shape index (κ1) is 17.8. The van der Waals surface area contributed by atoms with Gasteiger partial charge in [-0.3, -0.25) is 4.79 Å². The summed E-state index contributed by atoms with van der Waals surface area (Å²) in [7, 11) is 1.60. The maximum atomic E-state index is 12.2. The number of carbonyl (C=O) groups excluding carboxylic acids is 1. The monoisotopic (exact) mass is 329 g/mol. The van der Waals surface area contributed by atoms with E-state index in [4.69, 9.17) is 13.9 Å². The van der Waals surface area contributed by atoms with Crippen LogP contribution >= 0.6 is 0 Å². The highest BCUT2D eigenvalue weighted by atomic mass is 16.5. The molecule has 0 saturated carbocycles. The van der Waals surface area contributed by atoms with Gasteiger partial charge in [0.05, 0.1) is 13.7 Å². The first-order valence-corrected chi connectivity index (χ1v) is 8.03. The highest BCUT2D eigenvalue weighted by molar-refractivity contribution is 6.05. The third kappa shape index (κ3) is 4.47. The smallest absolute Gasteiger partial charge is 0.207 e. The number of methoxy groups -OCH3 is 1. The van der Waals surface area contributed by atoms with Crippen molar-refractivity contribution in [3.63, 3.8) is 0 Å². The van der Waals surface area contributed by atoms with E-state index in [2.05, 4.69) is 4.98 Å². The molecular formula is C19H23NO4. The fourth-order valence-electron chi connectivity index (χ4n) is 2.05. The summed E-state index contributed by atoms with van der Waals surface area (Å²) in [6.45, 7) is 6.58. The Hall–Kier alpha value is -2.56. The predicted octanol–water partition coefficient (Wildman–Crippen LogP) is 4.49. The molecule has 5 nitrogen and oxygen atoms in total. The van der Waals surface area contributed by atoms with Gasteiger partial charge in [-0.05, 0) is 30.2 Å². The predicted molar refractivity (Wildman–Crippen MR) is 92.7 cm³/mol. The summed E-state index contributed by atoms with van der Waals surface area (Å²) in [6, 6.07) is 5.53. The Morgan fingerprint density at radius 3 is 2.75 bits per heavy atom. The summed E-state index contributed by atoms with van der Waals surface area (Å²) in [5, 5.41) is 0. The van der Waals surface area contributed by atoms with Crippen LogP contribution < -0.4 is 9.47 Å². The maximum Gasteiger partial charge on any atom is 0.207 e. The van der Waals surface area contributed by atoms with Crippen molar-refractivity contribution in [1.82, 2.24) is 4.98 Å². The molecule has 24 heavy (non-hydrogen) atoms. The molecule has 0 amide bonds. The third-order valence-corrected chi connectivity index (χ3v) is 3.34. The van der Waals surface area contributed by atoms with E-state index in [-0.39, 0.29) is 11.7 Å². The molecule has 0 bridgehead atoms. The molecule has 0 unspecified atom stereocenters. The van der Waals surface area contributed by atoms with Crippen LogP contribution in [0.2, 0.25) is 0 Å². The lowest BCUT2D eigenvalue weighted by Crippen LogP contribution is -1.98. The number of hydrogen-bond donors (Lipinski definition) is 0. The fraction of sp³-hybridized carbons (Fsp3) is 0.368. The van der Waals surface area contributed by atoms with Crippen molar-refractivity contribution in [2.75, 3.05) is 13.7 Å². The van der Waals surface area contributed by atoms with Gasteiger partial charge in [-0.15, -0.1) is 0 Å². The Kier molecular flexibility index (Phi) is 6.18. The zero-order valence-corrected chi connectivity index (χ0v) is 14.5. The quantitative estimate of drug-likeness (QED) is 0.527. The van der Waals surface area contributed by atoms with Crippen molar-refractivity contribution in [3.8, 4) is 11.5 Å². The summed E-state index contributed by atoms with van der Waals surface area (Å²) in [5.74, 6) is 1.85. The summed E-state index contributed by atoms with van der Waals surface area (Å²) in [4.78, 5) is 16.4. The minimum Gasteiger partial charge on any atom is -0.493 e. The van der Waals surface area contributed by atoms with Crippen molar-refractivity contribution in [2.24, 2.45) is 0 Å². The molecule has 0 radical (unpaired) electrons. The van der Waals surface area contributed by atoms with Crippen molar-refractivity contribution in [3.05, 3.63) is 47.7 Å². The number of benzene rings is 1. The molecule has 0 N–H and O–H groups in total. The molecule has 5 heteroatoms. The van der Waals surface area contributed by atoms with Gasteiger partial charge in [0.2, 0.25) is 5.78 Å². The van der Waals surface area contributed by atoms with Crippen LogP contribution in [-0.2, 0) is 0 Å². The summed E-state index contributed by atoms with van der Waals surface area (Å²) in [6.07, 6.45) is 5.51. The Morgan fingerprint density at radius 1 is 1.33 bits per heavy atom. The van der Waals surface area contributed by atoms with Gasteiger partial charge in [0, 0.05) is 5.92 Å². The summed E-state index contributed by atoms with van der Waals surface area (Å²) < 4.78 is 16.2. The number of aromatic nitrogens is 1. The number of oxazole rings is 1. The molecule has 0 atom stereocenters. The van der Waals surface area contributed by atoms with Gasteiger partial charge >= 0.3 is 0 Å². The number of hydrogen-bond acceptors (Lipinski definition) is 5. The number of carbonyl (C=O) groups is 1. The van der Waals surface area contributed by atoms with E-state index in [1.165, 1.54) is 12.3 Å². The van der Waals surface area contributed by atoms with E-state index >= 15 is 0 Å². The maximum absolute atomic E-state index is 12.2. The molecule has 1 aromatic carbocycles. The number of rotatable bonds is 8. The average molecular weight is 329 g/mol.